The lowest BCUT2D eigenvalue weighted by molar-refractivity contribution is -0.114. The van der Waals surface area contributed by atoms with Gasteiger partial charge in [0.05, 0.1) is 18.2 Å². The average Bonchev–Trinajstić information content (AvgIpc) is 2.49. The molecule has 2 rings (SSSR count). The zero-order valence-electron chi connectivity index (χ0n) is 12.1. The Kier molecular flexibility index (Phi) is 4.57. The molecule has 21 heavy (non-hydrogen) atoms. The van der Waals surface area contributed by atoms with Crippen LogP contribution in [0.15, 0.2) is 48.5 Å². The SMILES string of the molecule is Cc1ccc(NC(=O)CN(C)c2cccc(C#N)c2)cc1. The smallest absolute Gasteiger partial charge is 0.243 e. The number of carbonyl (C=O) groups is 1. The Bertz CT molecular complexity index is 671. The Hall–Kier alpha value is -2.80. The van der Waals surface area contributed by atoms with Gasteiger partial charge in [0.15, 0.2) is 0 Å². The van der Waals surface area contributed by atoms with Crippen molar-refractivity contribution in [3.05, 3.63) is 59.7 Å². The van der Waals surface area contributed by atoms with Crippen LogP contribution in [0.3, 0.4) is 0 Å². The van der Waals surface area contributed by atoms with E-state index in [0.717, 1.165) is 16.9 Å². The van der Waals surface area contributed by atoms with Gasteiger partial charge in [0.1, 0.15) is 0 Å². The number of nitrogens with zero attached hydrogens (tertiary/aromatic N) is 2. The molecule has 1 amide bonds. The van der Waals surface area contributed by atoms with E-state index in [1.54, 1.807) is 12.1 Å². The number of nitrogens with one attached hydrogen (secondary N) is 1. The highest BCUT2D eigenvalue weighted by molar-refractivity contribution is 5.94. The van der Waals surface area contributed by atoms with Crippen LogP contribution < -0.4 is 10.2 Å². The van der Waals surface area contributed by atoms with Crippen LogP contribution in [-0.4, -0.2) is 19.5 Å². The van der Waals surface area contributed by atoms with E-state index in [0.29, 0.717) is 5.56 Å². The molecule has 0 aliphatic rings. The summed E-state index contributed by atoms with van der Waals surface area (Å²) in [7, 11) is 1.82. The van der Waals surface area contributed by atoms with Crippen molar-refractivity contribution in [1.29, 1.82) is 5.26 Å². The molecule has 0 atom stereocenters. The summed E-state index contributed by atoms with van der Waals surface area (Å²) in [4.78, 5) is 13.8. The molecule has 0 unspecified atom stereocenters. The van der Waals surface area contributed by atoms with Gasteiger partial charge in [-0.25, -0.2) is 0 Å². The highest BCUT2D eigenvalue weighted by Gasteiger charge is 2.08. The fraction of sp³-hybridized carbons (Fsp3) is 0.176. The molecule has 0 saturated heterocycles. The number of anilines is 2. The Morgan fingerprint density at radius 2 is 1.95 bits per heavy atom. The van der Waals surface area contributed by atoms with Crippen LogP contribution in [-0.2, 0) is 4.79 Å². The summed E-state index contributed by atoms with van der Waals surface area (Å²) in [5, 5.41) is 11.7. The molecule has 4 heteroatoms. The maximum Gasteiger partial charge on any atom is 0.243 e. The monoisotopic (exact) mass is 279 g/mol. The molecule has 0 radical (unpaired) electrons. The summed E-state index contributed by atoms with van der Waals surface area (Å²) in [6, 6.07) is 16.9. The summed E-state index contributed by atoms with van der Waals surface area (Å²) >= 11 is 0. The fourth-order valence-electron chi connectivity index (χ4n) is 1.96. The van der Waals surface area contributed by atoms with Crippen LogP contribution >= 0.6 is 0 Å². The lowest BCUT2D eigenvalue weighted by Crippen LogP contribution is -2.30. The third-order valence-corrected chi connectivity index (χ3v) is 3.13. The van der Waals surface area contributed by atoms with E-state index < -0.39 is 0 Å². The first-order chi connectivity index (χ1) is 10.1. The number of nitriles is 1. The molecule has 2 aromatic carbocycles. The van der Waals surface area contributed by atoms with Crippen molar-refractivity contribution < 1.29 is 4.79 Å². The van der Waals surface area contributed by atoms with Crippen LogP contribution in [0.2, 0.25) is 0 Å². The molecule has 1 N–H and O–H groups in total. The van der Waals surface area contributed by atoms with E-state index >= 15 is 0 Å². The number of hydrogen-bond donors (Lipinski definition) is 1. The molecule has 2 aromatic rings. The zero-order valence-corrected chi connectivity index (χ0v) is 12.1. The van der Waals surface area contributed by atoms with Crippen molar-refractivity contribution in [3.63, 3.8) is 0 Å². The van der Waals surface area contributed by atoms with Crippen LogP contribution in [0.4, 0.5) is 11.4 Å². The molecule has 0 fully saturated rings. The van der Waals surface area contributed by atoms with E-state index in [1.807, 2.05) is 55.3 Å². The molecule has 4 nitrogen and oxygen atoms in total. The van der Waals surface area contributed by atoms with Gasteiger partial charge >= 0.3 is 0 Å². The summed E-state index contributed by atoms with van der Waals surface area (Å²) in [5.41, 5.74) is 3.36. The fourth-order valence-corrected chi connectivity index (χ4v) is 1.96. The normalized spacial score (nSPS) is 9.76. The number of carbonyl (C=O) groups excluding carboxylic acids is 1. The van der Waals surface area contributed by atoms with Gasteiger partial charge in [0.25, 0.3) is 0 Å². The summed E-state index contributed by atoms with van der Waals surface area (Å²) in [6.45, 7) is 2.23. The Morgan fingerprint density at radius 1 is 1.24 bits per heavy atom. The lowest BCUT2D eigenvalue weighted by atomic mass is 10.2. The number of likely N-dealkylation sites (N-methyl/N-ethyl adjacent to an activating group) is 1. The Labute approximate surface area is 124 Å². The standard InChI is InChI=1S/C17H17N3O/c1-13-6-8-15(9-7-13)19-17(21)12-20(2)16-5-3-4-14(10-16)11-18/h3-10H,12H2,1-2H3,(H,19,21). The average molecular weight is 279 g/mol. The predicted molar refractivity (Wildman–Crippen MR) is 84.2 cm³/mol. The molecule has 0 aliphatic heterocycles. The van der Waals surface area contributed by atoms with E-state index in [1.165, 1.54) is 0 Å². The number of hydrogen-bond acceptors (Lipinski definition) is 3. The van der Waals surface area contributed by atoms with Gasteiger partial charge in [-0.1, -0.05) is 23.8 Å². The first-order valence-corrected chi connectivity index (χ1v) is 6.66. The predicted octanol–water partition coefficient (Wildman–Crippen LogP) is 2.94. The molecule has 0 spiro atoms. The maximum absolute atomic E-state index is 12.0. The van der Waals surface area contributed by atoms with Crippen molar-refractivity contribution in [1.82, 2.24) is 0 Å². The number of amides is 1. The van der Waals surface area contributed by atoms with Crippen LogP contribution in [0.5, 0.6) is 0 Å². The lowest BCUT2D eigenvalue weighted by Gasteiger charge is -2.19. The zero-order chi connectivity index (χ0) is 15.2. The molecular weight excluding hydrogens is 262 g/mol. The highest BCUT2D eigenvalue weighted by atomic mass is 16.2. The van der Waals surface area contributed by atoms with Crippen LogP contribution in [0, 0.1) is 18.3 Å². The minimum atomic E-state index is -0.0938. The van der Waals surface area contributed by atoms with Gasteiger partial charge < -0.3 is 10.2 Å². The molecular formula is C17H17N3O. The molecule has 0 bridgehead atoms. The second-order valence-corrected chi connectivity index (χ2v) is 4.93. The van der Waals surface area contributed by atoms with E-state index in [4.69, 9.17) is 5.26 Å². The van der Waals surface area contributed by atoms with Gasteiger partial charge in [-0.15, -0.1) is 0 Å². The van der Waals surface area contributed by atoms with Crippen molar-refractivity contribution in [2.75, 3.05) is 23.8 Å². The second kappa shape index (κ2) is 6.58. The number of benzene rings is 2. The van der Waals surface area contributed by atoms with E-state index in [-0.39, 0.29) is 12.5 Å². The minimum Gasteiger partial charge on any atom is -0.365 e. The van der Waals surface area contributed by atoms with Gasteiger partial charge in [0.2, 0.25) is 5.91 Å². The van der Waals surface area contributed by atoms with Crippen molar-refractivity contribution in [2.45, 2.75) is 6.92 Å². The van der Waals surface area contributed by atoms with Crippen LogP contribution in [0.25, 0.3) is 0 Å². The summed E-state index contributed by atoms with van der Waals surface area (Å²) in [5.74, 6) is -0.0938. The maximum atomic E-state index is 12.0. The van der Waals surface area contributed by atoms with Crippen molar-refractivity contribution >= 4 is 17.3 Å². The number of aryl methyl sites for hydroxylation is 1. The first-order valence-electron chi connectivity index (χ1n) is 6.66. The first kappa shape index (κ1) is 14.6. The quantitative estimate of drug-likeness (QED) is 0.936. The highest BCUT2D eigenvalue weighted by Crippen LogP contribution is 2.14. The van der Waals surface area contributed by atoms with Gasteiger partial charge in [-0.2, -0.15) is 5.26 Å². The van der Waals surface area contributed by atoms with Gasteiger partial charge in [-0.05, 0) is 37.3 Å². The summed E-state index contributed by atoms with van der Waals surface area (Å²) in [6.07, 6.45) is 0. The summed E-state index contributed by atoms with van der Waals surface area (Å²) < 4.78 is 0. The van der Waals surface area contributed by atoms with Gasteiger partial charge in [0, 0.05) is 18.4 Å². The minimum absolute atomic E-state index is 0.0938. The second-order valence-electron chi connectivity index (χ2n) is 4.93. The molecule has 0 heterocycles. The largest absolute Gasteiger partial charge is 0.365 e. The van der Waals surface area contributed by atoms with Gasteiger partial charge in [-0.3, -0.25) is 4.79 Å². The molecule has 106 valence electrons. The third kappa shape index (κ3) is 4.08. The van der Waals surface area contributed by atoms with Crippen LogP contribution in [0.1, 0.15) is 11.1 Å². The topological polar surface area (TPSA) is 56.1 Å². The van der Waals surface area contributed by atoms with E-state index in [2.05, 4.69) is 11.4 Å². The molecule has 0 aliphatic carbocycles. The van der Waals surface area contributed by atoms with Crippen molar-refractivity contribution in [2.24, 2.45) is 0 Å². The number of rotatable bonds is 4. The van der Waals surface area contributed by atoms with E-state index in [9.17, 15) is 4.79 Å². The Morgan fingerprint density at radius 3 is 2.62 bits per heavy atom. The molecule has 0 aromatic heterocycles. The third-order valence-electron chi connectivity index (χ3n) is 3.13. The molecule has 0 saturated carbocycles. The Balaban J connectivity index is 1.98. The van der Waals surface area contributed by atoms with Crippen molar-refractivity contribution in [3.8, 4) is 6.07 Å².